The summed E-state index contributed by atoms with van der Waals surface area (Å²) in [5.74, 6) is 0.606. The number of carbonyl (C=O) groups is 1. The Balaban J connectivity index is 1.41. The van der Waals surface area contributed by atoms with Crippen LogP contribution in [0.5, 0.6) is 0 Å². The summed E-state index contributed by atoms with van der Waals surface area (Å²) in [6, 6.07) is 20.2. The van der Waals surface area contributed by atoms with Crippen LogP contribution in [0.4, 0.5) is 10.5 Å². The van der Waals surface area contributed by atoms with Crippen molar-refractivity contribution >= 4 is 22.8 Å². The van der Waals surface area contributed by atoms with Gasteiger partial charge in [0.2, 0.25) is 5.89 Å². The summed E-state index contributed by atoms with van der Waals surface area (Å²) < 4.78 is 6.11. The van der Waals surface area contributed by atoms with Crippen molar-refractivity contribution in [1.29, 1.82) is 0 Å². The Morgan fingerprint density at radius 2 is 1.84 bits per heavy atom. The van der Waals surface area contributed by atoms with Gasteiger partial charge in [-0.15, -0.1) is 0 Å². The molecule has 32 heavy (non-hydrogen) atoms. The van der Waals surface area contributed by atoms with Gasteiger partial charge in [-0.2, -0.15) is 0 Å². The standard InChI is InChI=1S/C27H27N3O2/c1-17-7-4-9-20(15-17)21-12-13-25-23(16-21)28-26(32-25)24-11-6-14-30(24)27(31)29-22-10-5-8-18(2)19(22)3/h4-5,7-10,12-13,15-16,24H,6,11,14H2,1-3H3,(H,29,31). The van der Waals surface area contributed by atoms with Gasteiger partial charge in [0.1, 0.15) is 11.6 Å². The molecule has 162 valence electrons. The fourth-order valence-corrected chi connectivity index (χ4v) is 4.43. The molecule has 1 aliphatic rings. The molecule has 1 fully saturated rings. The van der Waals surface area contributed by atoms with Crippen LogP contribution in [0.15, 0.2) is 65.1 Å². The molecular formula is C27H27N3O2. The Morgan fingerprint density at radius 3 is 2.69 bits per heavy atom. The Morgan fingerprint density at radius 1 is 1.03 bits per heavy atom. The predicted octanol–water partition coefficient (Wildman–Crippen LogP) is 6.79. The first-order valence-corrected chi connectivity index (χ1v) is 11.1. The van der Waals surface area contributed by atoms with Gasteiger partial charge in [-0.3, -0.25) is 0 Å². The van der Waals surface area contributed by atoms with E-state index < -0.39 is 0 Å². The van der Waals surface area contributed by atoms with E-state index in [9.17, 15) is 4.79 Å². The van der Waals surface area contributed by atoms with Crippen LogP contribution in [0.3, 0.4) is 0 Å². The molecule has 1 saturated heterocycles. The molecule has 1 atom stereocenters. The highest BCUT2D eigenvalue weighted by Crippen LogP contribution is 2.35. The number of urea groups is 1. The van der Waals surface area contributed by atoms with Crippen LogP contribution in [-0.2, 0) is 0 Å². The van der Waals surface area contributed by atoms with E-state index in [0.717, 1.165) is 51.9 Å². The normalized spacial score (nSPS) is 16.0. The van der Waals surface area contributed by atoms with Gasteiger partial charge in [-0.25, -0.2) is 9.78 Å². The van der Waals surface area contributed by atoms with Crippen molar-refractivity contribution in [2.45, 2.75) is 39.7 Å². The molecule has 3 aromatic carbocycles. The van der Waals surface area contributed by atoms with E-state index in [-0.39, 0.29) is 12.1 Å². The summed E-state index contributed by atoms with van der Waals surface area (Å²) in [6.07, 6.45) is 1.77. The number of anilines is 1. The van der Waals surface area contributed by atoms with Gasteiger partial charge >= 0.3 is 6.03 Å². The number of carbonyl (C=O) groups excluding carboxylic acids is 1. The summed E-state index contributed by atoms with van der Waals surface area (Å²) in [6.45, 7) is 6.86. The van der Waals surface area contributed by atoms with Crippen molar-refractivity contribution in [3.8, 4) is 11.1 Å². The molecular weight excluding hydrogens is 398 g/mol. The van der Waals surface area contributed by atoms with Crippen LogP contribution >= 0.6 is 0 Å². The third kappa shape index (κ3) is 3.75. The lowest BCUT2D eigenvalue weighted by atomic mass is 10.0. The van der Waals surface area contributed by atoms with Gasteiger partial charge in [-0.05, 0) is 74.1 Å². The highest BCUT2D eigenvalue weighted by Gasteiger charge is 2.34. The Labute approximate surface area is 188 Å². The molecule has 5 heteroatoms. The molecule has 0 radical (unpaired) electrons. The molecule has 5 rings (SSSR count). The van der Waals surface area contributed by atoms with Gasteiger partial charge in [0.05, 0.1) is 0 Å². The first-order valence-electron chi connectivity index (χ1n) is 11.1. The predicted molar refractivity (Wildman–Crippen MR) is 128 cm³/mol. The van der Waals surface area contributed by atoms with Crippen LogP contribution in [-0.4, -0.2) is 22.5 Å². The number of hydrogen-bond donors (Lipinski definition) is 1. The second-order valence-corrected chi connectivity index (χ2v) is 8.63. The van der Waals surface area contributed by atoms with Crippen LogP contribution in [0, 0.1) is 20.8 Å². The molecule has 0 aliphatic carbocycles. The van der Waals surface area contributed by atoms with Gasteiger partial charge in [0.15, 0.2) is 5.58 Å². The summed E-state index contributed by atoms with van der Waals surface area (Å²) in [5, 5.41) is 3.08. The zero-order valence-corrected chi connectivity index (χ0v) is 18.7. The quantitative estimate of drug-likeness (QED) is 0.393. The van der Waals surface area contributed by atoms with Gasteiger partial charge < -0.3 is 14.6 Å². The minimum atomic E-state index is -0.157. The molecule has 0 bridgehead atoms. The largest absolute Gasteiger partial charge is 0.438 e. The number of aryl methyl sites for hydroxylation is 2. The lowest BCUT2D eigenvalue weighted by molar-refractivity contribution is 0.199. The Bertz CT molecular complexity index is 1310. The highest BCUT2D eigenvalue weighted by molar-refractivity contribution is 5.91. The number of likely N-dealkylation sites (tertiary alicyclic amines) is 1. The zero-order chi connectivity index (χ0) is 22.2. The average Bonchev–Trinajstić information content (AvgIpc) is 3.43. The SMILES string of the molecule is Cc1cccc(-c2ccc3oc(C4CCCN4C(=O)Nc4cccc(C)c4C)nc3c2)c1. The number of benzene rings is 3. The summed E-state index contributed by atoms with van der Waals surface area (Å²) >= 11 is 0. The molecule has 4 aromatic rings. The fourth-order valence-electron chi connectivity index (χ4n) is 4.43. The number of hydrogen-bond acceptors (Lipinski definition) is 3. The Kier molecular flexibility index (Phi) is 5.17. The summed E-state index contributed by atoms with van der Waals surface area (Å²) in [4.78, 5) is 19.7. The third-order valence-electron chi connectivity index (χ3n) is 6.40. The number of amides is 2. The first-order chi connectivity index (χ1) is 15.5. The average molecular weight is 426 g/mol. The molecule has 2 amide bonds. The van der Waals surface area contributed by atoms with Crippen molar-refractivity contribution in [2.24, 2.45) is 0 Å². The van der Waals surface area contributed by atoms with E-state index in [1.54, 1.807) is 0 Å². The lowest BCUT2D eigenvalue weighted by Gasteiger charge is -2.23. The van der Waals surface area contributed by atoms with Crippen LogP contribution in [0.1, 0.15) is 41.5 Å². The maximum absolute atomic E-state index is 13.1. The number of aromatic nitrogens is 1. The number of rotatable bonds is 3. The molecule has 5 nitrogen and oxygen atoms in total. The van der Waals surface area contributed by atoms with E-state index in [2.05, 4.69) is 48.6 Å². The van der Waals surface area contributed by atoms with Crippen LogP contribution < -0.4 is 5.32 Å². The van der Waals surface area contributed by atoms with Crippen molar-refractivity contribution in [3.63, 3.8) is 0 Å². The minimum Gasteiger partial charge on any atom is -0.438 e. The summed E-state index contributed by atoms with van der Waals surface area (Å²) in [5.41, 5.74) is 8.15. The lowest BCUT2D eigenvalue weighted by Crippen LogP contribution is -2.34. The number of nitrogens with zero attached hydrogens (tertiary/aromatic N) is 2. The van der Waals surface area contributed by atoms with E-state index in [0.29, 0.717) is 12.4 Å². The van der Waals surface area contributed by atoms with Crippen molar-refractivity contribution in [2.75, 3.05) is 11.9 Å². The van der Waals surface area contributed by atoms with E-state index in [1.807, 2.05) is 43.0 Å². The van der Waals surface area contributed by atoms with E-state index in [1.165, 1.54) is 5.56 Å². The maximum Gasteiger partial charge on any atom is 0.322 e. The molecule has 1 unspecified atom stereocenters. The minimum absolute atomic E-state index is 0.107. The maximum atomic E-state index is 13.1. The first kappa shape index (κ1) is 20.3. The number of fused-ring (bicyclic) bond motifs is 1. The van der Waals surface area contributed by atoms with Gasteiger partial charge in [0, 0.05) is 12.2 Å². The highest BCUT2D eigenvalue weighted by atomic mass is 16.4. The van der Waals surface area contributed by atoms with Gasteiger partial charge in [-0.1, -0.05) is 48.0 Å². The fraction of sp³-hybridized carbons (Fsp3) is 0.259. The van der Waals surface area contributed by atoms with Crippen LogP contribution in [0.2, 0.25) is 0 Å². The molecule has 1 aliphatic heterocycles. The van der Waals surface area contributed by atoms with Gasteiger partial charge in [0.25, 0.3) is 0 Å². The van der Waals surface area contributed by atoms with E-state index in [4.69, 9.17) is 9.40 Å². The molecule has 1 N–H and O–H groups in total. The van der Waals surface area contributed by atoms with Crippen LogP contribution in [0.25, 0.3) is 22.2 Å². The molecule has 0 saturated carbocycles. The third-order valence-corrected chi connectivity index (χ3v) is 6.40. The molecule has 1 aromatic heterocycles. The molecule has 0 spiro atoms. The molecule has 2 heterocycles. The number of oxazole rings is 1. The monoisotopic (exact) mass is 425 g/mol. The topological polar surface area (TPSA) is 58.4 Å². The van der Waals surface area contributed by atoms with Crippen molar-refractivity contribution < 1.29 is 9.21 Å². The smallest absolute Gasteiger partial charge is 0.322 e. The Hall–Kier alpha value is -3.60. The van der Waals surface area contributed by atoms with Crippen molar-refractivity contribution in [3.05, 3.63) is 83.2 Å². The number of nitrogens with one attached hydrogen (secondary N) is 1. The zero-order valence-electron chi connectivity index (χ0n) is 18.7. The van der Waals surface area contributed by atoms with E-state index >= 15 is 0 Å². The summed E-state index contributed by atoms with van der Waals surface area (Å²) in [7, 11) is 0. The van der Waals surface area contributed by atoms with Crippen molar-refractivity contribution in [1.82, 2.24) is 9.88 Å². The second-order valence-electron chi connectivity index (χ2n) is 8.63. The second kappa shape index (κ2) is 8.15.